The molecule has 19 heavy (non-hydrogen) atoms. The quantitative estimate of drug-likeness (QED) is 0.820. The fourth-order valence-corrected chi connectivity index (χ4v) is 3.28. The molecule has 0 heterocycles. The lowest BCUT2D eigenvalue weighted by Crippen LogP contribution is -2.36. The lowest BCUT2D eigenvalue weighted by atomic mass is 10.2. The molecule has 108 valence electrons. The van der Waals surface area contributed by atoms with Gasteiger partial charge in [-0.05, 0) is 36.7 Å². The largest absolute Gasteiger partial charge is 0.497 e. The van der Waals surface area contributed by atoms with Crippen molar-refractivity contribution in [1.29, 1.82) is 0 Å². The summed E-state index contributed by atoms with van der Waals surface area (Å²) in [4.78, 5) is 0.277. The second kappa shape index (κ2) is 6.88. The summed E-state index contributed by atoms with van der Waals surface area (Å²) in [5, 5.41) is 0. The van der Waals surface area contributed by atoms with Crippen LogP contribution < -0.4 is 10.5 Å². The first-order chi connectivity index (χ1) is 8.95. The molecule has 6 heteroatoms. The zero-order valence-electron chi connectivity index (χ0n) is 11.7. The van der Waals surface area contributed by atoms with Crippen LogP contribution in [0, 0.1) is 5.92 Å². The Kier molecular flexibility index (Phi) is 5.78. The Morgan fingerprint density at radius 2 is 1.89 bits per heavy atom. The van der Waals surface area contributed by atoms with Gasteiger partial charge >= 0.3 is 0 Å². The van der Waals surface area contributed by atoms with Crippen molar-refractivity contribution in [3.8, 4) is 5.75 Å². The maximum atomic E-state index is 12.5. The van der Waals surface area contributed by atoms with Crippen molar-refractivity contribution >= 4 is 10.0 Å². The monoisotopic (exact) mass is 286 g/mol. The third-order valence-corrected chi connectivity index (χ3v) is 4.92. The zero-order valence-corrected chi connectivity index (χ0v) is 12.5. The Hall–Kier alpha value is -1.11. The Morgan fingerprint density at radius 1 is 1.32 bits per heavy atom. The summed E-state index contributed by atoms with van der Waals surface area (Å²) < 4.78 is 31.4. The average Bonchev–Trinajstić information content (AvgIpc) is 2.44. The molecule has 1 rings (SSSR count). The summed E-state index contributed by atoms with van der Waals surface area (Å²) in [5.41, 5.74) is 5.56. The van der Waals surface area contributed by atoms with Gasteiger partial charge in [-0.1, -0.05) is 13.8 Å². The lowest BCUT2D eigenvalue weighted by Gasteiger charge is -2.23. The van der Waals surface area contributed by atoms with E-state index in [0.29, 0.717) is 25.4 Å². The first-order valence-corrected chi connectivity index (χ1v) is 7.74. The number of sulfonamides is 1. The molecule has 0 bridgehead atoms. The second-order valence-corrected chi connectivity index (χ2v) is 6.41. The van der Waals surface area contributed by atoms with E-state index in [-0.39, 0.29) is 10.8 Å². The zero-order chi connectivity index (χ0) is 14.5. The minimum Gasteiger partial charge on any atom is -0.497 e. The molecule has 1 aromatic carbocycles. The average molecular weight is 286 g/mol. The summed E-state index contributed by atoms with van der Waals surface area (Å²) in [6, 6.07) is 6.41. The summed E-state index contributed by atoms with van der Waals surface area (Å²) in [6.07, 6.45) is 0. The van der Waals surface area contributed by atoms with Gasteiger partial charge in [0.25, 0.3) is 0 Å². The van der Waals surface area contributed by atoms with Crippen molar-refractivity contribution in [2.45, 2.75) is 18.7 Å². The molecule has 0 radical (unpaired) electrons. The first kappa shape index (κ1) is 15.9. The highest BCUT2D eigenvalue weighted by Gasteiger charge is 2.24. The molecule has 0 aliphatic carbocycles. The Balaban J connectivity index is 2.99. The van der Waals surface area contributed by atoms with Crippen LogP contribution in [0.25, 0.3) is 0 Å². The molecule has 2 N–H and O–H groups in total. The number of methoxy groups -OCH3 is 1. The van der Waals surface area contributed by atoms with Gasteiger partial charge in [-0.25, -0.2) is 8.42 Å². The first-order valence-electron chi connectivity index (χ1n) is 6.30. The summed E-state index contributed by atoms with van der Waals surface area (Å²) in [7, 11) is -1.91. The molecule has 1 aromatic rings. The highest BCUT2D eigenvalue weighted by atomic mass is 32.2. The van der Waals surface area contributed by atoms with E-state index >= 15 is 0 Å². The lowest BCUT2D eigenvalue weighted by molar-refractivity contribution is 0.371. The maximum Gasteiger partial charge on any atom is 0.243 e. The third kappa shape index (κ3) is 3.92. The second-order valence-electron chi connectivity index (χ2n) is 4.47. The van der Waals surface area contributed by atoms with E-state index in [2.05, 4.69) is 0 Å². The van der Waals surface area contributed by atoms with E-state index in [0.717, 1.165) is 0 Å². The minimum absolute atomic E-state index is 0.132. The predicted octanol–water partition coefficient (Wildman–Crippen LogP) is 1.30. The SMILES string of the molecule is CCN(CC(C)CN)S(=O)(=O)c1ccc(OC)cc1. The van der Waals surface area contributed by atoms with E-state index in [1.165, 1.54) is 4.31 Å². The van der Waals surface area contributed by atoms with Gasteiger partial charge in [0.2, 0.25) is 10.0 Å². The number of hydrogen-bond acceptors (Lipinski definition) is 4. The van der Waals surface area contributed by atoms with E-state index in [4.69, 9.17) is 10.5 Å². The molecule has 1 unspecified atom stereocenters. The third-order valence-electron chi connectivity index (χ3n) is 2.97. The molecule has 0 aliphatic rings. The highest BCUT2D eigenvalue weighted by Crippen LogP contribution is 2.20. The number of ether oxygens (including phenoxy) is 1. The smallest absolute Gasteiger partial charge is 0.243 e. The molecule has 0 saturated carbocycles. The van der Waals surface area contributed by atoms with Crippen molar-refractivity contribution in [1.82, 2.24) is 4.31 Å². The van der Waals surface area contributed by atoms with Crippen molar-refractivity contribution < 1.29 is 13.2 Å². The van der Waals surface area contributed by atoms with Crippen LogP contribution in [0.1, 0.15) is 13.8 Å². The molecule has 0 saturated heterocycles. The van der Waals surface area contributed by atoms with Gasteiger partial charge in [-0.15, -0.1) is 0 Å². The van der Waals surface area contributed by atoms with Gasteiger partial charge < -0.3 is 10.5 Å². The molecule has 0 fully saturated rings. The van der Waals surface area contributed by atoms with Crippen LogP contribution in [0.2, 0.25) is 0 Å². The normalized spacial score (nSPS) is 13.5. The molecule has 5 nitrogen and oxygen atoms in total. The standard InChI is InChI=1S/C13H22N2O3S/c1-4-15(10-11(2)9-14)19(16,17)13-7-5-12(18-3)6-8-13/h5-8,11H,4,9-10,14H2,1-3H3. The van der Waals surface area contributed by atoms with Crippen LogP contribution >= 0.6 is 0 Å². The van der Waals surface area contributed by atoms with Gasteiger partial charge in [-0.3, -0.25) is 0 Å². The fourth-order valence-electron chi connectivity index (χ4n) is 1.72. The van der Waals surface area contributed by atoms with Crippen LogP contribution in [0.15, 0.2) is 29.2 Å². The Bertz CT molecular complexity index is 485. The van der Waals surface area contributed by atoms with Crippen LogP contribution in [-0.2, 0) is 10.0 Å². The number of rotatable bonds is 7. The Labute approximate surface area is 115 Å². The van der Waals surface area contributed by atoms with Gasteiger partial charge in [0.15, 0.2) is 0 Å². The number of nitrogens with two attached hydrogens (primary N) is 1. The number of hydrogen-bond donors (Lipinski definition) is 1. The number of nitrogens with zero attached hydrogens (tertiary/aromatic N) is 1. The highest BCUT2D eigenvalue weighted by molar-refractivity contribution is 7.89. The van der Waals surface area contributed by atoms with Gasteiger partial charge in [0.05, 0.1) is 12.0 Å². The van der Waals surface area contributed by atoms with E-state index in [1.807, 2.05) is 13.8 Å². The molecule has 1 atom stereocenters. The van der Waals surface area contributed by atoms with E-state index in [1.54, 1.807) is 31.4 Å². The van der Waals surface area contributed by atoms with Crippen LogP contribution in [0.5, 0.6) is 5.75 Å². The van der Waals surface area contributed by atoms with E-state index in [9.17, 15) is 8.42 Å². The summed E-state index contributed by atoms with van der Waals surface area (Å²) in [5.74, 6) is 0.769. The molecular formula is C13H22N2O3S. The van der Waals surface area contributed by atoms with Gasteiger partial charge in [-0.2, -0.15) is 4.31 Å². The van der Waals surface area contributed by atoms with Gasteiger partial charge in [0.1, 0.15) is 5.75 Å². The molecule has 0 amide bonds. The van der Waals surface area contributed by atoms with Crippen LogP contribution in [-0.4, -0.2) is 39.5 Å². The topological polar surface area (TPSA) is 72.6 Å². The molecule has 0 spiro atoms. The van der Waals surface area contributed by atoms with Crippen molar-refractivity contribution in [3.63, 3.8) is 0 Å². The predicted molar refractivity (Wildman–Crippen MR) is 75.6 cm³/mol. The van der Waals surface area contributed by atoms with Crippen LogP contribution in [0.4, 0.5) is 0 Å². The van der Waals surface area contributed by atoms with Crippen LogP contribution in [0.3, 0.4) is 0 Å². The number of benzene rings is 1. The van der Waals surface area contributed by atoms with Gasteiger partial charge in [0, 0.05) is 13.1 Å². The summed E-state index contributed by atoms with van der Waals surface area (Å²) in [6.45, 7) is 5.09. The maximum absolute atomic E-state index is 12.5. The minimum atomic E-state index is -3.46. The van der Waals surface area contributed by atoms with E-state index < -0.39 is 10.0 Å². The fraction of sp³-hybridized carbons (Fsp3) is 0.538. The molecule has 0 aromatic heterocycles. The van der Waals surface area contributed by atoms with Crippen molar-refractivity contribution in [2.75, 3.05) is 26.7 Å². The van der Waals surface area contributed by atoms with Crippen molar-refractivity contribution in [2.24, 2.45) is 11.7 Å². The molecule has 0 aliphatic heterocycles. The Morgan fingerprint density at radius 3 is 2.32 bits per heavy atom. The van der Waals surface area contributed by atoms with Crippen molar-refractivity contribution in [3.05, 3.63) is 24.3 Å². The summed E-state index contributed by atoms with van der Waals surface area (Å²) >= 11 is 0. The molecular weight excluding hydrogens is 264 g/mol.